The molecular formula is C15H29N3O. The van der Waals surface area contributed by atoms with E-state index in [1.54, 1.807) is 0 Å². The fraction of sp³-hybridized carbons (Fsp3) is 0.800. The minimum absolute atomic E-state index is 0.141. The number of aryl methyl sites for hydroxylation is 1. The second-order valence-electron chi connectivity index (χ2n) is 4.99. The van der Waals surface area contributed by atoms with Crippen LogP contribution in [0.1, 0.15) is 58.8 Å². The Morgan fingerprint density at radius 1 is 1.32 bits per heavy atom. The van der Waals surface area contributed by atoms with Gasteiger partial charge < -0.3 is 14.6 Å². The smallest absolute Gasteiger partial charge is 0.128 e. The molecule has 1 unspecified atom stereocenters. The molecule has 4 nitrogen and oxygen atoms in total. The molecule has 1 N–H and O–H groups in total. The highest BCUT2D eigenvalue weighted by Crippen LogP contribution is 2.34. The number of hydrogen-bond donors (Lipinski definition) is 1. The van der Waals surface area contributed by atoms with E-state index in [1.165, 1.54) is 0 Å². The summed E-state index contributed by atoms with van der Waals surface area (Å²) in [6.45, 7) is 10.4. The maximum atomic E-state index is 6.15. The summed E-state index contributed by atoms with van der Waals surface area (Å²) in [5.41, 5.74) is -0.178. The predicted octanol–water partition coefficient (Wildman–Crippen LogP) is 3.06. The first-order valence-corrected chi connectivity index (χ1v) is 7.49. The molecule has 4 heteroatoms. The van der Waals surface area contributed by atoms with Gasteiger partial charge in [0.2, 0.25) is 0 Å². The van der Waals surface area contributed by atoms with Crippen LogP contribution in [0.3, 0.4) is 0 Å². The number of hydrogen-bond acceptors (Lipinski definition) is 3. The van der Waals surface area contributed by atoms with Gasteiger partial charge in [-0.05, 0) is 32.7 Å². The highest BCUT2D eigenvalue weighted by molar-refractivity contribution is 5.07. The second kappa shape index (κ2) is 7.65. The predicted molar refractivity (Wildman–Crippen MR) is 79.2 cm³/mol. The fourth-order valence-corrected chi connectivity index (χ4v) is 2.69. The van der Waals surface area contributed by atoms with Gasteiger partial charge >= 0.3 is 0 Å². The average molecular weight is 267 g/mol. The Kier molecular flexibility index (Phi) is 6.52. The van der Waals surface area contributed by atoms with E-state index >= 15 is 0 Å². The van der Waals surface area contributed by atoms with Crippen LogP contribution in [-0.4, -0.2) is 28.3 Å². The Morgan fingerprint density at radius 2 is 2.00 bits per heavy atom. The Labute approximate surface area is 117 Å². The van der Waals surface area contributed by atoms with E-state index in [4.69, 9.17) is 4.74 Å². The van der Waals surface area contributed by atoms with Crippen LogP contribution in [0.5, 0.6) is 0 Å². The summed E-state index contributed by atoms with van der Waals surface area (Å²) in [6.07, 6.45) is 6.92. The highest BCUT2D eigenvalue weighted by atomic mass is 16.5. The summed E-state index contributed by atoms with van der Waals surface area (Å²) in [5, 5.41) is 3.63. The van der Waals surface area contributed by atoms with Crippen molar-refractivity contribution >= 4 is 0 Å². The minimum Gasteiger partial charge on any atom is -0.373 e. The topological polar surface area (TPSA) is 39.1 Å². The lowest BCUT2D eigenvalue weighted by Crippen LogP contribution is -2.47. The van der Waals surface area contributed by atoms with E-state index in [0.717, 1.165) is 38.2 Å². The molecule has 0 fully saturated rings. The van der Waals surface area contributed by atoms with Gasteiger partial charge in [0.1, 0.15) is 5.82 Å². The molecule has 0 aliphatic heterocycles. The van der Waals surface area contributed by atoms with Gasteiger partial charge in [-0.3, -0.25) is 0 Å². The monoisotopic (exact) mass is 267 g/mol. The largest absolute Gasteiger partial charge is 0.373 e. The molecule has 0 radical (unpaired) electrons. The first kappa shape index (κ1) is 16.2. The first-order valence-electron chi connectivity index (χ1n) is 7.49. The van der Waals surface area contributed by atoms with E-state index < -0.39 is 0 Å². The summed E-state index contributed by atoms with van der Waals surface area (Å²) >= 11 is 0. The number of nitrogens with zero attached hydrogens (tertiary/aromatic N) is 2. The van der Waals surface area contributed by atoms with E-state index in [1.807, 2.05) is 19.4 Å². The molecule has 0 saturated carbocycles. The Bertz CT molecular complexity index is 358. The van der Waals surface area contributed by atoms with Crippen LogP contribution in [0.4, 0.5) is 0 Å². The summed E-state index contributed by atoms with van der Waals surface area (Å²) in [6, 6.07) is 0.141. The highest BCUT2D eigenvalue weighted by Gasteiger charge is 2.39. The van der Waals surface area contributed by atoms with Crippen molar-refractivity contribution in [3.8, 4) is 0 Å². The van der Waals surface area contributed by atoms with Gasteiger partial charge in [0, 0.05) is 26.0 Å². The maximum absolute atomic E-state index is 6.15. The third-order valence-corrected chi connectivity index (χ3v) is 3.87. The standard InChI is InChI=1S/C15H29N3O/c1-6-10-16-13(14-17-11-12-18(14)5)15(7-2,8-3)19-9-4/h11-13,16H,6-10H2,1-5H3. The number of imidazole rings is 1. The van der Waals surface area contributed by atoms with Crippen molar-refractivity contribution in [2.75, 3.05) is 13.2 Å². The number of rotatable bonds is 9. The van der Waals surface area contributed by atoms with E-state index in [9.17, 15) is 0 Å². The van der Waals surface area contributed by atoms with Gasteiger partial charge in [-0.15, -0.1) is 0 Å². The van der Waals surface area contributed by atoms with Crippen molar-refractivity contribution in [2.45, 2.75) is 58.6 Å². The van der Waals surface area contributed by atoms with Gasteiger partial charge in [-0.2, -0.15) is 0 Å². The SMILES string of the molecule is CCCNC(c1nccn1C)C(CC)(CC)OCC. The molecule has 1 atom stereocenters. The van der Waals surface area contributed by atoms with E-state index in [2.05, 4.69) is 42.6 Å². The quantitative estimate of drug-likeness (QED) is 0.747. The zero-order chi connectivity index (χ0) is 14.3. The third-order valence-electron chi connectivity index (χ3n) is 3.87. The van der Waals surface area contributed by atoms with Crippen molar-refractivity contribution in [3.63, 3.8) is 0 Å². The molecule has 1 aromatic heterocycles. The molecule has 19 heavy (non-hydrogen) atoms. The fourth-order valence-electron chi connectivity index (χ4n) is 2.69. The molecular weight excluding hydrogens is 238 g/mol. The molecule has 0 aliphatic rings. The van der Waals surface area contributed by atoms with Crippen LogP contribution >= 0.6 is 0 Å². The minimum atomic E-state index is -0.178. The van der Waals surface area contributed by atoms with Gasteiger partial charge in [0.15, 0.2) is 0 Å². The molecule has 1 rings (SSSR count). The molecule has 0 saturated heterocycles. The molecule has 0 aliphatic carbocycles. The summed E-state index contributed by atoms with van der Waals surface area (Å²) in [7, 11) is 2.05. The van der Waals surface area contributed by atoms with Crippen LogP contribution in [0.2, 0.25) is 0 Å². The third kappa shape index (κ3) is 3.57. The van der Waals surface area contributed by atoms with E-state index in [0.29, 0.717) is 0 Å². The number of nitrogens with one attached hydrogen (secondary N) is 1. The van der Waals surface area contributed by atoms with Crippen LogP contribution in [0.15, 0.2) is 12.4 Å². The van der Waals surface area contributed by atoms with Crippen molar-refractivity contribution in [1.29, 1.82) is 0 Å². The Morgan fingerprint density at radius 3 is 2.42 bits per heavy atom. The molecule has 0 amide bonds. The number of ether oxygens (including phenoxy) is 1. The lowest BCUT2D eigenvalue weighted by Gasteiger charge is -2.39. The Hall–Kier alpha value is -0.870. The van der Waals surface area contributed by atoms with Crippen molar-refractivity contribution in [3.05, 3.63) is 18.2 Å². The zero-order valence-electron chi connectivity index (χ0n) is 13.1. The van der Waals surface area contributed by atoms with Gasteiger partial charge in [-0.25, -0.2) is 4.98 Å². The van der Waals surface area contributed by atoms with Gasteiger partial charge in [-0.1, -0.05) is 20.8 Å². The normalized spacial score (nSPS) is 13.7. The van der Waals surface area contributed by atoms with Crippen LogP contribution in [0, 0.1) is 0 Å². The number of aromatic nitrogens is 2. The summed E-state index contributed by atoms with van der Waals surface area (Å²) in [4.78, 5) is 4.53. The van der Waals surface area contributed by atoms with Crippen molar-refractivity contribution in [2.24, 2.45) is 7.05 Å². The Balaban J connectivity index is 3.09. The lowest BCUT2D eigenvalue weighted by molar-refractivity contribution is -0.0757. The van der Waals surface area contributed by atoms with Gasteiger partial charge in [0.05, 0.1) is 11.6 Å². The summed E-state index contributed by atoms with van der Waals surface area (Å²) in [5.74, 6) is 1.06. The van der Waals surface area contributed by atoms with Crippen LogP contribution in [0.25, 0.3) is 0 Å². The van der Waals surface area contributed by atoms with Crippen LogP contribution in [-0.2, 0) is 11.8 Å². The van der Waals surface area contributed by atoms with Crippen molar-refractivity contribution in [1.82, 2.24) is 14.9 Å². The summed E-state index contributed by atoms with van der Waals surface area (Å²) < 4.78 is 8.24. The first-order chi connectivity index (χ1) is 9.15. The van der Waals surface area contributed by atoms with Crippen molar-refractivity contribution < 1.29 is 4.74 Å². The molecule has 0 aromatic carbocycles. The average Bonchev–Trinajstić information content (AvgIpc) is 2.84. The second-order valence-corrected chi connectivity index (χ2v) is 4.99. The molecule has 1 heterocycles. The van der Waals surface area contributed by atoms with Crippen LogP contribution < -0.4 is 5.32 Å². The lowest BCUT2D eigenvalue weighted by atomic mass is 9.87. The molecule has 1 aromatic rings. The van der Waals surface area contributed by atoms with Gasteiger partial charge in [0.25, 0.3) is 0 Å². The maximum Gasteiger partial charge on any atom is 0.128 e. The molecule has 0 spiro atoms. The molecule has 110 valence electrons. The van der Waals surface area contributed by atoms with E-state index in [-0.39, 0.29) is 11.6 Å². The zero-order valence-corrected chi connectivity index (χ0v) is 13.1. The molecule has 0 bridgehead atoms.